The number of fused-ring (bicyclic) bond motifs is 1. The SMILES string of the molecule is CC1(C)COc2ccc(C(=O)O)cc21.Cl. The largest absolute Gasteiger partial charge is 0.492 e. The maximum Gasteiger partial charge on any atom is 0.335 e. The van der Waals surface area contributed by atoms with E-state index in [0.717, 1.165) is 11.3 Å². The predicted octanol–water partition coefficient (Wildman–Crippen LogP) is 2.48. The van der Waals surface area contributed by atoms with Crippen molar-refractivity contribution >= 4 is 18.4 Å². The number of carboxylic acids is 1. The molecule has 0 fully saturated rings. The Bertz CT molecular complexity index is 399. The summed E-state index contributed by atoms with van der Waals surface area (Å²) in [6.07, 6.45) is 0. The summed E-state index contributed by atoms with van der Waals surface area (Å²) >= 11 is 0. The lowest BCUT2D eigenvalue weighted by Crippen LogP contribution is -2.18. The zero-order valence-electron chi connectivity index (χ0n) is 8.61. The van der Waals surface area contributed by atoms with E-state index < -0.39 is 5.97 Å². The van der Waals surface area contributed by atoms with Crippen molar-refractivity contribution in [3.8, 4) is 5.75 Å². The minimum absolute atomic E-state index is 0. The summed E-state index contributed by atoms with van der Waals surface area (Å²) in [5.41, 5.74) is 1.22. The number of ether oxygens (including phenoxy) is 1. The summed E-state index contributed by atoms with van der Waals surface area (Å²) in [6, 6.07) is 5.00. The van der Waals surface area contributed by atoms with E-state index in [4.69, 9.17) is 9.84 Å². The highest BCUT2D eigenvalue weighted by molar-refractivity contribution is 5.88. The molecule has 0 aromatic heterocycles. The number of carbonyl (C=O) groups is 1. The van der Waals surface area contributed by atoms with E-state index in [0.29, 0.717) is 12.2 Å². The Labute approximate surface area is 94.5 Å². The van der Waals surface area contributed by atoms with Crippen molar-refractivity contribution in [2.45, 2.75) is 19.3 Å². The molecular formula is C11H13ClO3. The van der Waals surface area contributed by atoms with E-state index in [9.17, 15) is 4.79 Å². The molecule has 1 heterocycles. The molecule has 0 saturated carbocycles. The van der Waals surface area contributed by atoms with Gasteiger partial charge >= 0.3 is 5.97 Å². The van der Waals surface area contributed by atoms with E-state index in [1.807, 2.05) is 13.8 Å². The molecule has 2 rings (SSSR count). The number of halogens is 1. The fourth-order valence-corrected chi connectivity index (χ4v) is 1.65. The third-order valence-electron chi connectivity index (χ3n) is 2.54. The molecular weight excluding hydrogens is 216 g/mol. The van der Waals surface area contributed by atoms with Gasteiger partial charge < -0.3 is 9.84 Å². The van der Waals surface area contributed by atoms with Crippen molar-refractivity contribution in [3.05, 3.63) is 29.3 Å². The van der Waals surface area contributed by atoms with Gasteiger partial charge in [-0.2, -0.15) is 0 Å². The van der Waals surface area contributed by atoms with Crippen molar-refractivity contribution < 1.29 is 14.6 Å². The Hall–Kier alpha value is -1.22. The molecule has 0 spiro atoms. The Morgan fingerprint density at radius 2 is 2.13 bits per heavy atom. The summed E-state index contributed by atoms with van der Waals surface area (Å²) < 4.78 is 5.46. The molecule has 3 nitrogen and oxygen atoms in total. The van der Waals surface area contributed by atoms with Crippen LogP contribution < -0.4 is 4.74 Å². The molecule has 82 valence electrons. The Kier molecular flexibility index (Phi) is 2.95. The second-order valence-electron chi connectivity index (χ2n) is 4.19. The summed E-state index contributed by atoms with van der Waals surface area (Å²) in [7, 11) is 0. The van der Waals surface area contributed by atoms with Gasteiger partial charge in [0, 0.05) is 11.0 Å². The van der Waals surface area contributed by atoms with Crippen LogP contribution in [0.15, 0.2) is 18.2 Å². The predicted molar refractivity (Wildman–Crippen MR) is 59.2 cm³/mol. The second-order valence-corrected chi connectivity index (χ2v) is 4.19. The molecule has 0 atom stereocenters. The molecule has 0 bridgehead atoms. The number of hydrogen-bond donors (Lipinski definition) is 1. The summed E-state index contributed by atoms with van der Waals surface area (Å²) in [5, 5.41) is 8.85. The van der Waals surface area contributed by atoms with E-state index >= 15 is 0 Å². The molecule has 1 aromatic rings. The van der Waals surface area contributed by atoms with Gasteiger partial charge in [0.2, 0.25) is 0 Å². The van der Waals surface area contributed by atoms with E-state index in [-0.39, 0.29) is 17.8 Å². The Morgan fingerprint density at radius 3 is 2.73 bits per heavy atom. The normalized spacial score (nSPS) is 16.1. The van der Waals surface area contributed by atoms with Gasteiger partial charge in [0.05, 0.1) is 12.2 Å². The van der Waals surface area contributed by atoms with Crippen LogP contribution >= 0.6 is 12.4 Å². The highest BCUT2D eigenvalue weighted by atomic mass is 35.5. The van der Waals surface area contributed by atoms with Crippen LogP contribution in [0.5, 0.6) is 5.75 Å². The Morgan fingerprint density at radius 1 is 1.47 bits per heavy atom. The minimum atomic E-state index is -0.893. The minimum Gasteiger partial charge on any atom is -0.492 e. The van der Waals surface area contributed by atoms with Gasteiger partial charge in [-0.25, -0.2) is 4.79 Å². The first-order chi connectivity index (χ1) is 6.50. The van der Waals surface area contributed by atoms with Crippen LogP contribution in [0.1, 0.15) is 29.8 Å². The fourth-order valence-electron chi connectivity index (χ4n) is 1.65. The van der Waals surface area contributed by atoms with Crippen molar-refractivity contribution in [2.24, 2.45) is 0 Å². The van der Waals surface area contributed by atoms with Gasteiger partial charge in [-0.3, -0.25) is 0 Å². The summed E-state index contributed by atoms with van der Waals surface area (Å²) in [5.74, 6) is -0.0875. The molecule has 0 unspecified atom stereocenters. The third-order valence-corrected chi connectivity index (χ3v) is 2.54. The van der Waals surface area contributed by atoms with Gasteiger partial charge in [-0.15, -0.1) is 12.4 Å². The zero-order chi connectivity index (χ0) is 10.3. The first-order valence-electron chi connectivity index (χ1n) is 4.51. The first-order valence-corrected chi connectivity index (χ1v) is 4.51. The number of hydrogen-bond acceptors (Lipinski definition) is 2. The zero-order valence-corrected chi connectivity index (χ0v) is 9.43. The first kappa shape index (κ1) is 11.9. The Balaban J connectivity index is 0.00000112. The van der Waals surface area contributed by atoms with Crippen LogP contribution in [0.25, 0.3) is 0 Å². The van der Waals surface area contributed by atoms with Gasteiger partial charge in [0.25, 0.3) is 0 Å². The lowest BCUT2D eigenvalue weighted by atomic mass is 9.86. The van der Waals surface area contributed by atoms with Crippen LogP contribution in [0.3, 0.4) is 0 Å². The van der Waals surface area contributed by atoms with Crippen molar-refractivity contribution in [2.75, 3.05) is 6.61 Å². The van der Waals surface area contributed by atoms with Crippen LogP contribution in [0, 0.1) is 0 Å². The summed E-state index contributed by atoms with van der Waals surface area (Å²) in [4.78, 5) is 10.8. The van der Waals surface area contributed by atoms with Crippen LogP contribution in [0.4, 0.5) is 0 Å². The molecule has 1 aliphatic rings. The third kappa shape index (κ3) is 1.92. The standard InChI is InChI=1S/C11H12O3.ClH/c1-11(2)6-14-9-4-3-7(10(12)13)5-8(9)11;/h3-5H,6H2,1-2H3,(H,12,13);1H. The van der Waals surface area contributed by atoms with Crippen molar-refractivity contribution in [1.29, 1.82) is 0 Å². The van der Waals surface area contributed by atoms with Gasteiger partial charge in [0.1, 0.15) is 5.75 Å². The molecule has 1 N–H and O–H groups in total. The van der Waals surface area contributed by atoms with Crippen LogP contribution in [-0.4, -0.2) is 17.7 Å². The number of aromatic carboxylic acids is 1. The van der Waals surface area contributed by atoms with E-state index in [2.05, 4.69) is 0 Å². The highest BCUT2D eigenvalue weighted by Crippen LogP contribution is 2.38. The number of benzene rings is 1. The molecule has 0 aliphatic carbocycles. The lowest BCUT2D eigenvalue weighted by Gasteiger charge is -2.15. The number of carboxylic acid groups (broad SMARTS) is 1. The van der Waals surface area contributed by atoms with Gasteiger partial charge in [-0.05, 0) is 18.2 Å². The second kappa shape index (κ2) is 3.74. The van der Waals surface area contributed by atoms with E-state index in [1.54, 1.807) is 18.2 Å². The van der Waals surface area contributed by atoms with Crippen molar-refractivity contribution in [1.82, 2.24) is 0 Å². The highest BCUT2D eigenvalue weighted by Gasteiger charge is 2.32. The molecule has 1 aliphatic heterocycles. The average molecular weight is 229 g/mol. The van der Waals surface area contributed by atoms with E-state index in [1.165, 1.54) is 0 Å². The molecule has 1 aromatic carbocycles. The van der Waals surface area contributed by atoms with Crippen LogP contribution in [-0.2, 0) is 5.41 Å². The maximum absolute atomic E-state index is 10.8. The summed E-state index contributed by atoms with van der Waals surface area (Å²) in [6.45, 7) is 4.71. The fraction of sp³-hybridized carbons (Fsp3) is 0.364. The topological polar surface area (TPSA) is 46.5 Å². The molecule has 0 saturated heterocycles. The average Bonchev–Trinajstić information content (AvgIpc) is 2.42. The smallest absolute Gasteiger partial charge is 0.335 e. The van der Waals surface area contributed by atoms with Gasteiger partial charge in [-0.1, -0.05) is 13.8 Å². The molecule has 0 radical (unpaired) electrons. The molecule has 4 heteroatoms. The molecule has 0 amide bonds. The maximum atomic E-state index is 10.8. The van der Waals surface area contributed by atoms with Crippen LogP contribution in [0.2, 0.25) is 0 Å². The number of rotatable bonds is 1. The van der Waals surface area contributed by atoms with Crippen molar-refractivity contribution in [3.63, 3.8) is 0 Å². The molecule has 15 heavy (non-hydrogen) atoms. The lowest BCUT2D eigenvalue weighted by molar-refractivity contribution is 0.0697. The quantitative estimate of drug-likeness (QED) is 0.803. The monoisotopic (exact) mass is 228 g/mol. The van der Waals surface area contributed by atoms with Gasteiger partial charge in [0.15, 0.2) is 0 Å².